The first-order chi connectivity index (χ1) is 11.6. The molecule has 0 aliphatic carbocycles. The Balaban J connectivity index is 1.86. The predicted octanol–water partition coefficient (Wildman–Crippen LogP) is 5.62. The van der Waals surface area contributed by atoms with Crippen molar-refractivity contribution in [3.63, 3.8) is 0 Å². The number of fused-ring (bicyclic) bond motifs is 1. The summed E-state index contributed by atoms with van der Waals surface area (Å²) in [7, 11) is 0. The molecule has 0 saturated carbocycles. The van der Waals surface area contributed by atoms with E-state index in [1.54, 1.807) is 4.57 Å². The number of allylic oxidation sites excluding steroid dienone is 1. The molecule has 0 fully saturated rings. The Morgan fingerprint density at radius 3 is 2.58 bits per heavy atom. The molecule has 24 heavy (non-hydrogen) atoms. The Kier molecular flexibility index (Phi) is 3.67. The number of thiazole rings is 1. The molecule has 2 aromatic carbocycles. The lowest BCUT2D eigenvalue weighted by atomic mass is 10.0. The third kappa shape index (κ3) is 2.42. The lowest BCUT2D eigenvalue weighted by Gasteiger charge is -2.04. The minimum atomic E-state index is 0.167. The summed E-state index contributed by atoms with van der Waals surface area (Å²) in [5, 5.41) is 10.7. The van der Waals surface area contributed by atoms with E-state index >= 15 is 0 Å². The van der Waals surface area contributed by atoms with Gasteiger partial charge in [-0.05, 0) is 43.4 Å². The second-order valence-corrected chi connectivity index (χ2v) is 7.17. The molecule has 0 unspecified atom stereocenters. The largest absolute Gasteiger partial charge is 0.493 e. The van der Waals surface area contributed by atoms with E-state index in [-0.39, 0.29) is 5.88 Å². The summed E-state index contributed by atoms with van der Waals surface area (Å²) in [5.41, 5.74) is 4.88. The van der Waals surface area contributed by atoms with Crippen LogP contribution < -0.4 is 0 Å². The summed E-state index contributed by atoms with van der Waals surface area (Å²) in [6.45, 7) is 1.98. The summed E-state index contributed by atoms with van der Waals surface area (Å²) in [5.74, 6) is 0.167. The summed E-state index contributed by atoms with van der Waals surface area (Å²) >= 11 is 6.85. The smallest absolute Gasteiger partial charge is 0.215 e. The van der Waals surface area contributed by atoms with E-state index in [2.05, 4.69) is 4.99 Å². The Labute approximate surface area is 148 Å². The Morgan fingerprint density at radius 2 is 1.79 bits per heavy atom. The van der Waals surface area contributed by atoms with E-state index in [4.69, 9.17) is 12.2 Å². The molecular formula is C19H14N2OS2. The Bertz CT molecular complexity index is 1040. The van der Waals surface area contributed by atoms with Gasteiger partial charge in [-0.1, -0.05) is 36.4 Å². The van der Waals surface area contributed by atoms with E-state index in [0.29, 0.717) is 3.95 Å². The van der Waals surface area contributed by atoms with Crippen molar-refractivity contribution in [3.8, 4) is 11.6 Å². The van der Waals surface area contributed by atoms with E-state index in [0.717, 1.165) is 33.1 Å². The van der Waals surface area contributed by atoms with Gasteiger partial charge in [0.25, 0.3) is 0 Å². The van der Waals surface area contributed by atoms with Crippen LogP contribution in [-0.2, 0) is 0 Å². The van der Waals surface area contributed by atoms with Gasteiger partial charge in [-0.3, -0.25) is 9.56 Å². The highest BCUT2D eigenvalue weighted by molar-refractivity contribution is 7.73. The maximum absolute atomic E-state index is 10.7. The van der Waals surface area contributed by atoms with Gasteiger partial charge >= 0.3 is 0 Å². The van der Waals surface area contributed by atoms with Crippen molar-refractivity contribution < 1.29 is 5.11 Å². The molecule has 0 amide bonds. The standard InChI is InChI=1S/C19H14N2OS2/c1-12-15(14-9-5-6-10-16(14)20-12)11-17-18(22)21(19(23)24-17)13-7-3-2-4-8-13/h2-11,22H,1H3/b15-11-. The van der Waals surface area contributed by atoms with Crippen LogP contribution in [0, 0.1) is 3.95 Å². The number of nitrogens with zero attached hydrogens (tertiary/aromatic N) is 2. The summed E-state index contributed by atoms with van der Waals surface area (Å²) in [6.07, 6.45) is 1.97. The number of rotatable bonds is 2. The van der Waals surface area contributed by atoms with Crippen molar-refractivity contribution in [1.29, 1.82) is 0 Å². The molecule has 4 rings (SSSR count). The van der Waals surface area contributed by atoms with Gasteiger partial charge in [-0.2, -0.15) is 0 Å². The zero-order valence-corrected chi connectivity index (χ0v) is 14.6. The highest BCUT2D eigenvalue weighted by atomic mass is 32.1. The normalized spacial score (nSPS) is 14.7. The summed E-state index contributed by atoms with van der Waals surface area (Å²) in [6, 6.07) is 17.7. The molecule has 5 heteroatoms. The molecular weight excluding hydrogens is 336 g/mol. The van der Waals surface area contributed by atoms with Crippen molar-refractivity contribution >= 4 is 46.6 Å². The molecule has 3 nitrogen and oxygen atoms in total. The Hall–Kier alpha value is -2.50. The van der Waals surface area contributed by atoms with Crippen molar-refractivity contribution in [3.05, 3.63) is 69.0 Å². The average Bonchev–Trinajstić information content (AvgIpc) is 3.05. The molecule has 0 bridgehead atoms. The van der Waals surface area contributed by atoms with Gasteiger partial charge in [-0.25, -0.2) is 0 Å². The van der Waals surface area contributed by atoms with Crippen LogP contribution in [0.5, 0.6) is 5.88 Å². The van der Waals surface area contributed by atoms with Crippen LogP contribution in [0.25, 0.3) is 17.3 Å². The third-order valence-corrected chi connectivity index (χ3v) is 5.28. The fourth-order valence-electron chi connectivity index (χ4n) is 2.83. The number of aromatic hydroxyl groups is 1. The first kappa shape index (κ1) is 15.1. The summed E-state index contributed by atoms with van der Waals surface area (Å²) < 4.78 is 2.31. The average molecular weight is 350 g/mol. The quantitative estimate of drug-likeness (QED) is 0.609. The van der Waals surface area contributed by atoms with Crippen molar-refractivity contribution in [2.24, 2.45) is 4.99 Å². The van der Waals surface area contributed by atoms with Crippen LogP contribution in [0.2, 0.25) is 0 Å². The molecule has 118 valence electrons. The molecule has 0 spiro atoms. The number of hydrogen-bond acceptors (Lipinski definition) is 4. The van der Waals surface area contributed by atoms with Crippen molar-refractivity contribution in [2.45, 2.75) is 6.92 Å². The Morgan fingerprint density at radius 1 is 1.08 bits per heavy atom. The molecule has 0 saturated heterocycles. The number of aromatic nitrogens is 1. The van der Waals surface area contributed by atoms with Crippen LogP contribution in [0.4, 0.5) is 5.69 Å². The third-order valence-electron chi connectivity index (χ3n) is 3.97. The molecule has 2 heterocycles. The van der Waals surface area contributed by atoms with E-state index in [1.165, 1.54) is 11.3 Å². The van der Waals surface area contributed by atoms with E-state index in [1.807, 2.05) is 67.6 Å². The summed E-state index contributed by atoms with van der Waals surface area (Å²) in [4.78, 5) is 5.33. The van der Waals surface area contributed by atoms with Crippen molar-refractivity contribution in [2.75, 3.05) is 0 Å². The lowest BCUT2D eigenvalue weighted by Crippen LogP contribution is -1.93. The second-order valence-electron chi connectivity index (χ2n) is 5.50. The fourth-order valence-corrected chi connectivity index (χ4v) is 4.12. The van der Waals surface area contributed by atoms with E-state index < -0.39 is 0 Å². The lowest BCUT2D eigenvalue weighted by molar-refractivity contribution is 0.441. The molecule has 1 N–H and O–H groups in total. The van der Waals surface area contributed by atoms with Crippen LogP contribution >= 0.6 is 23.6 Å². The molecule has 3 aromatic rings. The molecule has 1 aliphatic heterocycles. The second kappa shape index (κ2) is 5.85. The first-order valence-electron chi connectivity index (χ1n) is 7.52. The number of aliphatic imine (C=N–C) groups is 1. The van der Waals surface area contributed by atoms with Crippen LogP contribution in [0.1, 0.15) is 17.4 Å². The number of hydrogen-bond donors (Lipinski definition) is 1. The van der Waals surface area contributed by atoms with Gasteiger partial charge in [0.15, 0.2) is 3.95 Å². The SMILES string of the molecule is CC1=Nc2ccccc2/C1=C\c1sc(=S)n(-c2ccccc2)c1O. The van der Waals surface area contributed by atoms with E-state index in [9.17, 15) is 5.11 Å². The van der Waals surface area contributed by atoms with Gasteiger partial charge in [0.05, 0.1) is 16.3 Å². The monoisotopic (exact) mass is 350 g/mol. The van der Waals surface area contributed by atoms with Gasteiger partial charge < -0.3 is 5.11 Å². The zero-order valence-electron chi connectivity index (χ0n) is 12.9. The predicted molar refractivity (Wildman–Crippen MR) is 103 cm³/mol. The molecule has 0 atom stereocenters. The fraction of sp³-hybridized carbons (Fsp3) is 0.0526. The van der Waals surface area contributed by atoms with Gasteiger partial charge in [-0.15, -0.1) is 11.3 Å². The minimum absolute atomic E-state index is 0.167. The highest BCUT2D eigenvalue weighted by Crippen LogP contribution is 2.38. The topological polar surface area (TPSA) is 37.5 Å². The van der Waals surface area contributed by atoms with Gasteiger partial charge in [0.2, 0.25) is 5.88 Å². The molecule has 0 radical (unpaired) electrons. The van der Waals surface area contributed by atoms with Gasteiger partial charge in [0, 0.05) is 16.8 Å². The van der Waals surface area contributed by atoms with Crippen LogP contribution in [-0.4, -0.2) is 15.4 Å². The maximum Gasteiger partial charge on any atom is 0.215 e. The number of benzene rings is 2. The number of para-hydroxylation sites is 2. The highest BCUT2D eigenvalue weighted by Gasteiger charge is 2.19. The first-order valence-corrected chi connectivity index (χ1v) is 8.74. The molecule has 1 aliphatic rings. The zero-order chi connectivity index (χ0) is 16.7. The van der Waals surface area contributed by atoms with Crippen LogP contribution in [0.3, 0.4) is 0 Å². The minimum Gasteiger partial charge on any atom is -0.493 e. The van der Waals surface area contributed by atoms with Gasteiger partial charge in [0.1, 0.15) is 0 Å². The maximum atomic E-state index is 10.7. The van der Waals surface area contributed by atoms with Crippen molar-refractivity contribution in [1.82, 2.24) is 4.57 Å². The molecule has 1 aromatic heterocycles. The van der Waals surface area contributed by atoms with Crippen LogP contribution in [0.15, 0.2) is 59.6 Å².